The zero-order valence-electron chi connectivity index (χ0n) is 5.84. The summed E-state index contributed by atoms with van der Waals surface area (Å²) in [5.41, 5.74) is 0.919. The van der Waals surface area contributed by atoms with Gasteiger partial charge in [-0.1, -0.05) is 12.1 Å². The van der Waals surface area contributed by atoms with E-state index < -0.39 is 0 Å². The molecule has 1 aromatic carbocycles. The van der Waals surface area contributed by atoms with Crippen LogP contribution in [0.15, 0.2) is 24.3 Å². The molecule has 1 aromatic rings. The molecule has 0 N–H and O–H groups in total. The lowest BCUT2D eigenvalue weighted by molar-refractivity contribution is 0.623. The third kappa shape index (κ3) is 1.81. The molecule has 0 fully saturated rings. The first-order chi connectivity index (χ1) is 4.83. The number of hydrogen-bond donors (Lipinski definition) is 0. The largest absolute Gasteiger partial charge is 0.240 e. The Labute approximate surface area is 59.9 Å². The standard InChI is InChI=1S/C8H9FN/c1-10-6-7-3-2-4-8(9)5-7/h2-5H,6H2,1H3. The van der Waals surface area contributed by atoms with E-state index in [9.17, 15) is 4.39 Å². The second kappa shape index (κ2) is 3.32. The van der Waals surface area contributed by atoms with Gasteiger partial charge >= 0.3 is 0 Å². The normalized spacial score (nSPS) is 9.80. The van der Waals surface area contributed by atoms with Gasteiger partial charge in [-0.15, -0.1) is 0 Å². The lowest BCUT2D eigenvalue weighted by Crippen LogP contribution is -1.96. The van der Waals surface area contributed by atoms with Gasteiger partial charge in [0.25, 0.3) is 0 Å². The van der Waals surface area contributed by atoms with Crippen LogP contribution in [0.3, 0.4) is 0 Å². The Bertz CT molecular complexity index is 210. The molecular formula is C8H9FN. The maximum Gasteiger partial charge on any atom is 0.123 e. The molecule has 0 unspecified atom stereocenters. The summed E-state index contributed by atoms with van der Waals surface area (Å²) in [6, 6.07) is 6.47. The third-order valence-corrected chi connectivity index (χ3v) is 1.23. The van der Waals surface area contributed by atoms with Crippen molar-refractivity contribution in [1.82, 2.24) is 5.32 Å². The highest BCUT2D eigenvalue weighted by Gasteiger charge is 1.91. The molecule has 1 rings (SSSR count). The zero-order chi connectivity index (χ0) is 7.40. The van der Waals surface area contributed by atoms with E-state index in [-0.39, 0.29) is 5.82 Å². The summed E-state index contributed by atoms with van der Waals surface area (Å²) < 4.78 is 12.4. The smallest absolute Gasteiger partial charge is 0.123 e. The first-order valence-electron chi connectivity index (χ1n) is 3.13. The van der Waals surface area contributed by atoms with Gasteiger partial charge in [0, 0.05) is 13.6 Å². The van der Waals surface area contributed by atoms with E-state index in [0.717, 1.165) is 5.56 Å². The Balaban J connectivity index is 2.75. The first-order valence-corrected chi connectivity index (χ1v) is 3.13. The van der Waals surface area contributed by atoms with Gasteiger partial charge in [0.15, 0.2) is 0 Å². The second-order valence-electron chi connectivity index (χ2n) is 2.10. The Morgan fingerprint density at radius 3 is 2.90 bits per heavy atom. The van der Waals surface area contributed by atoms with Crippen molar-refractivity contribution in [3.8, 4) is 0 Å². The van der Waals surface area contributed by atoms with Gasteiger partial charge in [-0.25, -0.2) is 9.71 Å². The van der Waals surface area contributed by atoms with Crippen LogP contribution in [0.25, 0.3) is 0 Å². The van der Waals surface area contributed by atoms with Gasteiger partial charge in [-0.3, -0.25) is 0 Å². The number of halogens is 1. The van der Waals surface area contributed by atoms with Crippen LogP contribution in [0.2, 0.25) is 0 Å². The molecule has 2 heteroatoms. The minimum atomic E-state index is -0.193. The molecule has 0 heterocycles. The van der Waals surface area contributed by atoms with Crippen LogP contribution in [0, 0.1) is 5.82 Å². The van der Waals surface area contributed by atoms with Crippen molar-refractivity contribution in [2.45, 2.75) is 6.54 Å². The van der Waals surface area contributed by atoms with Crippen LogP contribution >= 0.6 is 0 Å². The Morgan fingerprint density at radius 2 is 2.30 bits per heavy atom. The van der Waals surface area contributed by atoms with Crippen LogP contribution in [-0.2, 0) is 6.54 Å². The Kier molecular flexibility index (Phi) is 2.40. The summed E-state index contributed by atoms with van der Waals surface area (Å²) >= 11 is 0. The minimum absolute atomic E-state index is 0.193. The summed E-state index contributed by atoms with van der Waals surface area (Å²) in [5.74, 6) is -0.193. The summed E-state index contributed by atoms with van der Waals surface area (Å²) in [7, 11) is 1.71. The quantitative estimate of drug-likeness (QED) is 0.588. The zero-order valence-corrected chi connectivity index (χ0v) is 5.84. The minimum Gasteiger partial charge on any atom is -0.240 e. The Hall–Kier alpha value is -0.890. The van der Waals surface area contributed by atoms with Crippen molar-refractivity contribution in [2.75, 3.05) is 7.05 Å². The third-order valence-electron chi connectivity index (χ3n) is 1.23. The van der Waals surface area contributed by atoms with E-state index in [1.807, 2.05) is 6.07 Å². The highest BCUT2D eigenvalue weighted by Crippen LogP contribution is 2.02. The van der Waals surface area contributed by atoms with E-state index in [0.29, 0.717) is 6.54 Å². The van der Waals surface area contributed by atoms with E-state index in [4.69, 9.17) is 0 Å². The van der Waals surface area contributed by atoms with Crippen molar-refractivity contribution < 1.29 is 4.39 Å². The van der Waals surface area contributed by atoms with Crippen molar-refractivity contribution in [2.24, 2.45) is 0 Å². The van der Waals surface area contributed by atoms with Crippen molar-refractivity contribution in [3.63, 3.8) is 0 Å². The van der Waals surface area contributed by atoms with Crippen molar-refractivity contribution in [1.29, 1.82) is 0 Å². The van der Waals surface area contributed by atoms with Gasteiger partial charge in [-0.05, 0) is 17.7 Å². The number of rotatable bonds is 2. The monoisotopic (exact) mass is 138 g/mol. The molecule has 53 valence electrons. The summed E-state index contributed by atoms with van der Waals surface area (Å²) in [5, 5.41) is 3.88. The van der Waals surface area contributed by atoms with Gasteiger partial charge in [0.2, 0.25) is 0 Å². The SMILES string of the molecule is C[N]Cc1cccc(F)c1. The first kappa shape index (κ1) is 7.22. The highest BCUT2D eigenvalue weighted by atomic mass is 19.1. The molecule has 0 aromatic heterocycles. The maximum atomic E-state index is 12.4. The summed E-state index contributed by atoms with van der Waals surface area (Å²) in [6.07, 6.45) is 0. The van der Waals surface area contributed by atoms with E-state index in [1.165, 1.54) is 12.1 Å². The van der Waals surface area contributed by atoms with Gasteiger partial charge < -0.3 is 0 Å². The average Bonchev–Trinajstić information content (AvgIpc) is 1.88. The molecule has 1 radical (unpaired) electrons. The van der Waals surface area contributed by atoms with Crippen LogP contribution < -0.4 is 5.32 Å². The number of nitrogens with zero attached hydrogens (tertiary/aromatic N) is 1. The van der Waals surface area contributed by atoms with Gasteiger partial charge in [0.05, 0.1) is 0 Å². The molecule has 0 amide bonds. The molecule has 0 bridgehead atoms. The van der Waals surface area contributed by atoms with Crippen LogP contribution in [0.1, 0.15) is 5.56 Å². The van der Waals surface area contributed by atoms with Crippen LogP contribution in [0.4, 0.5) is 4.39 Å². The fraction of sp³-hybridized carbons (Fsp3) is 0.250. The van der Waals surface area contributed by atoms with Crippen LogP contribution in [0.5, 0.6) is 0 Å². The van der Waals surface area contributed by atoms with Gasteiger partial charge in [-0.2, -0.15) is 0 Å². The number of benzene rings is 1. The second-order valence-corrected chi connectivity index (χ2v) is 2.10. The molecule has 0 aliphatic carbocycles. The van der Waals surface area contributed by atoms with Crippen molar-refractivity contribution >= 4 is 0 Å². The lowest BCUT2D eigenvalue weighted by Gasteiger charge is -1.96. The molecule has 0 spiro atoms. The fourth-order valence-corrected chi connectivity index (χ4v) is 0.818. The summed E-state index contributed by atoms with van der Waals surface area (Å²) in [4.78, 5) is 0. The summed E-state index contributed by atoms with van der Waals surface area (Å²) in [6.45, 7) is 0.595. The lowest BCUT2D eigenvalue weighted by atomic mass is 10.2. The highest BCUT2D eigenvalue weighted by molar-refractivity contribution is 5.15. The van der Waals surface area contributed by atoms with Crippen LogP contribution in [-0.4, -0.2) is 7.05 Å². The molecular weight excluding hydrogens is 129 g/mol. The molecule has 0 atom stereocenters. The molecule has 0 aliphatic heterocycles. The molecule has 0 saturated heterocycles. The van der Waals surface area contributed by atoms with E-state index >= 15 is 0 Å². The van der Waals surface area contributed by atoms with E-state index in [2.05, 4.69) is 5.32 Å². The number of hydrogen-bond acceptors (Lipinski definition) is 0. The topological polar surface area (TPSA) is 14.1 Å². The molecule has 0 aliphatic rings. The van der Waals surface area contributed by atoms with Gasteiger partial charge in [0.1, 0.15) is 5.82 Å². The maximum absolute atomic E-state index is 12.4. The molecule has 10 heavy (non-hydrogen) atoms. The Morgan fingerprint density at radius 1 is 1.50 bits per heavy atom. The molecule has 0 saturated carbocycles. The predicted molar refractivity (Wildman–Crippen MR) is 38.2 cm³/mol. The average molecular weight is 138 g/mol. The van der Waals surface area contributed by atoms with E-state index in [1.54, 1.807) is 13.1 Å². The fourth-order valence-electron chi connectivity index (χ4n) is 0.818. The van der Waals surface area contributed by atoms with Crippen molar-refractivity contribution in [3.05, 3.63) is 35.6 Å². The molecule has 1 nitrogen and oxygen atoms in total. The predicted octanol–water partition coefficient (Wildman–Crippen LogP) is 1.56.